The SMILES string of the molecule is O=C1C[C@H]2CC[C@H]1[C@@H]1C[C@H]21. The van der Waals surface area contributed by atoms with Gasteiger partial charge in [0.05, 0.1) is 0 Å². The third-order valence-electron chi connectivity index (χ3n) is 3.74. The standard InChI is InChI=1S/C9H12O/c10-9-3-5-1-2-6(9)8-4-7(5)8/h5-8H,1-4H2/t5-,6+,7-,8+/m1/s1. The van der Waals surface area contributed by atoms with Crippen LogP contribution in [-0.4, -0.2) is 5.78 Å². The highest BCUT2D eigenvalue weighted by molar-refractivity contribution is 5.84. The van der Waals surface area contributed by atoms with E-state index in [1.807, 2.05) is 0 Å². The van der Waals surface area contributed by atoms with Crippen LogP contribution in [0.5, 0.6) is 0 Å². The second kappa shape index (κ2) is 1.46. The Morgan fingerprint density at radius 3 is 2.70 bits per heavy atom. The molecule has 0 aliphatic heterocycles. The largest absolute Gasteiger partial charge is 0.299 e. The Bertz CT molecular complexity index is 197. The first-order valence-corrected chi connectivity index (χ1v) is 4.39. The summed E-state index contributed by atoms with van der Waals surface area (Å²) in [6.45, 7) is 0. The molecule has 0 amide bonds. The van der Waals surface area contributed by atoms with E-state index in [9.17, 15) is 4.79 Å². The third kappa shape index (κ3) is 0.480. The lowest BCUT2D eigenvalue weighted by Gasteiger charge is -2.33. The summed E-state index contributed by atoms with van der Waals surface area (Å²) in [5, 5.41) is 0. The van der Waals surface area contributed by atoms with Crippen LogP contribution in [0.1, 0.15) is 25.7 Å². The minimum absolute atomic E-state index is 0.523. The van der Waals surface area contributed by atoms with Crippen molar-refractivity contribution in [1.29, 1.82) is 0 Å². The Labute approximate surface area is 60.8 Å². The van der Waals surface area contributed by atoms with Gasteiger partial charge in [-0.15, -0.1) is 0 Å². The van der Waals surface area contributed by atoms with E-state index in [1.165, 1.54) is 19.3 Å². The fourth-order valence-electron chi connectivity index (χ4n) is 3.13. The molecule has 0 heterocycles. The van der Waals surface area contributed by atoms with Gasteiger partial charge in [0.15, 0.2) is 0 Å². The molecule has 4 fully saturated rings. The van der Waals surface area contributed by atoms with Gasteiger partial charge in [-0.1, -0.05) is 0 Å². The molecule has 0 aromatic carbocycles. The smallest absolute Gasteiger partial charge is 0.136 e. The highest BCUT2D eigenvalue weighted by Crippen LogP contribution is 2.60. The van der Waals surface area contributed by atoms with Gasteiger partial charge in [-0.25, -0.2) is 0 Å². The summed E-state index contributed by atoms with van der Waals surface area (Å²) in [7, 11) is 0. The van der Waals surface area contributed by atoms with Crippen molar-refractivity contribution in [3.8, 4) is 0 Å². The second-order valence-corrected chi connectivity index (χ2v) is 4.18. The molecule has 0 saturated heterocycles. The van der Waals surface area contributed by atoms with Gasteiger partial charge in [-0.3, -0.25) is 4.79 Å². The third-order valence-corrected chi connectivity index (χ3v) is 3.74. The Morgan fingerprint density at radius 1 is 1.20 bits per heavy atom. The van der Waals surface area contributed by atoms with Crippen LogP contribution < -0.4 is 0 Å². The molecule has 4 saturated carbocycles. The Balaban J connectivity index is 1.99. The molecule has 1 nitrogen and oxygen atoms in total. The molecule has 0 N–H and O–H groups in total. The number of ketones is 1. The Kier molecular flexibility index (Phi) is 0.781. The molecule has 4 aliphatic rings. The first kappa shape index (κ1) is 5.34. The zero-order valence-electron chi connectivity index (χ0n) is 6.05. The van der Waals surface area contributed by atoms with Crippen molar-refractivity contribution in [2.45, 2.75) is 25.7 Å². The molecule has 0 radical (unpaired) electrons. The molecule has 2 bridgehead atoms. The van der Waals surface area contributed by atoms with E-state index in [1.54, 1.807) is 0 Å². The summed E-state index contributed by atoms with van der Waals surface area (Å²) < 4.78 is 0. The first-order valence-electron chi connectivity index (χ1n) is 4.39. The molecule has 0 aromatic rings. The molecular weight excluding hydrogens is 124 g/mol. The van der Waals surface area contributed by atoms with Crippen molar-refractivity contribution in [1.82, 2.24) is 0 Å². The zero-order valence-corrected chi connectivity index (χ0v) is 6.05. The van der Waals surface area contributed by atoms with Crippen LogP contribution in [0.3, 0.4) is 0 Å². The van der Waals surface area contributed by atoms with E-state index in [4.69, 9.17) is 0 Å². The van der Waals surface area contributed by atoms with Gasteiger partial charge in [0, 0.05) is 12.3 Å². The van der Waals surface area contributed by atoms with Gasteiger partial charge in [0.2, 0.25) is 0 Å². The lowest BCUT2D eigenvalue weighted by Crippen LogP contribution is -2.33. The zero-order chi connectivity index (χ0) is 6.72. The van der Waals surface area contributed by atoms with Crippen molar-refractivity contribution in [2.75, 3.05) is 0 Å². The number of carbonyl (C=O) groups is 1. The number of carbonyl (C=O) groups excluding carboxylic acids is 1. The topological polar surface area (TPSA) is 17.1 Å². The molecular formula is C9H12O. The minimum atomic E-state index is 0.523. The van der Waals surface area contributed by atoms with E-state index >= 15 is 0 Å². The fourth-order valence-corrected chi connectivity index (χ4v) is 3.13. The molecule has 1 heteroatoms. The Morgan fingerprint density at radius 2 is 2.10 bits per heavy atom. The van der Waals surface area contributed by atoms with Crippen molar-refractivity contribution >= 4 is 5.78 Å². The number of fused-ring (bicyclic) bond motifs is 2. The summed E-state index contributed by atoms with van der Waals surface area (Å²) in [6, 6.07) is 0. The predicted molar refractivity (Wildman–Crippen MR) is 37.4 cm³/mol. The van der Waals surface area contributed by atoms with Crippen molar-refractivity contribution in [3.63, 3.8) is 0 Å². The monoisotopic (exact) mass is 136 g/mol. The van der Waals surface area contributed by atoms with Crippen LogP contribution in [0.25, 0.3) is 0 Å². The number of hydrogen-bond acceptors (Lipinski definition) is 1. The van der Waals surface area contributed by atoms with Crippen molar-refractivity contribution in [2.24, 2.45) is 23.7 Å². The van der Waals surface area contributed by atoms with Crippen molar-refractivity contribution < 1.29 is 4.79 Å². The summed E-state index contributed by atoms with van der Waals surface area (Å²) in [5.74, 6) is 3.80. The van der Waals surface area contributed by atoms with Gasteiger partial charge in [0.1, 0.15) is 5.78 Å². The number of rotatable bonds is 0. The van der Waals surface area contributed by atoms with Crippen LogP contribution >= 0.6 is 0 Å². The van der Waals surface area contributed by atoms with Gasteiger partial charge < -0.3 is 0 Å². The molecule has 10 heavy (non-hydrogen) atoms. The van der Waals surface area contributed by atoms with Gasteiger partial charge in [-0.05, 0) is 37.0 Å². The highest BCUT2D eigenvalue weighted by Gasteiger charge is 2.56. The van der Waals surface area contributed by atoms with Gasteiger partial charge in [-0.2, -0.15) is 0 Å². The second-order valence-electron chi connectivity index (χ2n) is 4.18. The van der Waals surface area contributed by atoms with Crippen LogP contribution in [0, 0.1) is 23.7 Å². The van der Waals surface area contributed by atoms with E-state index in [0.717, 1.165) is 24.2 Å². The molecule has 54 valence electrons. The average Bonchev–Trinajstić information content (AvgIpc) is 2.66. The molecule has 0 spiro atoms. The molecule has 0 aromatic heterocycles. The first-order chi connectivity index (χ1) is 4.86. The summed E-state index contributed by atoms with van der Waals surface area (Å²) >= 11 is 0. The fraction of sp³-hybridized carbons (Fsp3) is 0.889. The maximum atomic E-state index is 11.3. The summed E-state index contributed by atoms with van der Waals surface area (Å²) in [5.41, 5.74) is 0. The van der Waals surface area contributed by atoms with Crippen LogP contribution in [0.2, 0.25) is 0 Å². The molecule has 0 unspecified atom stereocenters. The van der Waals surface area contributed by atoms with Gasteiger partial charge in [0.25, 0.3) is 0 Å². The summed E-state index contributed by atoms with van der Waals surface area (Å²) in [4.78, 5) is 11.3. The molecule has 4 atom stereocenters. The predicted octanol–water partition coefficient (Wildman–Crippen LogP) is 1.62. The van der Waals surface area contributed by atoms with E-state index < -0.39 is 0 Å². The maximum Gasteiger partial charge on any atom is 0.136 e. The molecule has 4 rings (SSSR count). The van der Waals surface area contributed by atoms with Crippen LogP contribution in [0.15, 0.2) is 0 Å². The maximum absolute atomic E-state index is 11.3. The van der Waals surface area contributed by atoms with Crippen molar-refractivity contribution in [3.05, 3.63) is 0 Å². The van der Waals surface area contributed by atoms with E-state index in [2.05, 4.69) is 0 Å². The van der Waals surface area contributed by atoms with E-state index in [0.29, 0.717) is 11.7 Å². The van der Waals surface area contributed by atoms with Gasteiger partial charge >= 0.3 is 0 Å². The van der Waals surface area contributed by atoms with Crippen LogP contribution in [-0.2, 0) is 4.79 Å². The van der Waals surface area contributed by atoms with Crippen LogP contribution in [0.4, 0.5) is 0 Å². The molecule has 4 aliphatic carbocycles. The average molecular weight is 136 g/mol. The normalized spacial score (nSPS) is 56.6. The summed E-state index contributed by atoms with van der Waals surface area (Å²) in [6.07, 6.45) is 4.91. The minimum Gasteiger partial charge on any atom is -0.299 e. The Hall–Kier alpha value is -0.330. The van der Waals surface area contributed by atoms with E-state index in [-0.39, 0.29) is 0 Å². The quantitative estimate of drug-likeness (QED) is 0.494. The lowest BCUT2D eigenvalue weighted by atomic mass is 9.70. The lowest BCUT2D eigenvalue weighted by molar-refractivity contribution is -0.129. The number of hydrogen-bond donors (Lipinski definition) is 0. The number of Topliss-reactive ketones (excluding diaryl/α,β-unsaturated/α-hetero) is 1. The highest BCUT2D eigenvalue weighted by atomic mass is 16.1.